The van der Waals surface area contributed by atoms with Crippen LogP contribution in [0.2, 0.25) is 0 Å². The van der Waals surface area contributed by atoms with Gasteiger partial charge in [-0.1, -0.05) is 87.5 Å². The summed E-state index contributed by atoms with van der Waals surface area (Å²) in [5.41, 5.74) is 3.86. The first-order chi connectivity index (χ1) is 20.8. The molecular formula is C35H42F6IrNOP2-. The van der Waals surface area contributed by atoms with Crippen LogP contribution in [0.3, 0.4) is 0 Å². The van der Waals surface area contributed by atoms with E-state index in [1.54, 1.807) is 0 Å². The van der Waals surface area contributed by atoms with Crippen LogP contribution in [0.25, 0.3) is 0 Å². The average Bonchev–Trinajstić information content (AvgIpc) is 3.41. The molecule has 1 heterocycles. The van der Waals surface area contributed by atoms with Gasteiger partial charge >= 0.3 is 33.0 Å². The summed E-state index contributed by atoms with van der Waals surface area (Å²) in [5.74, 6) is 0.792. The van der Waals surface area contributed by atoms with Gasteiger partial charge < -0.3 is 4.74 Å². The number of halogens is 6. The predicted molar refractivity (Wildman–Crippen MR) is 180 cm³/mol. The maximum Gasteiger partial charge on any atom is 0 e. The minimum atomic E-state index is -10.7. The molecule has 46 heavy (non-hydrogen) atoms. The van der Waals surface area contributed by atoms with Crippen LogP contribution in [0.5, 0.6) is 0 Å². The molecular weight excluding hydrogens is 819 g/mol. The Morgan fingerprint density at radius 2 is 1.02 bits per heavy atom. The molecule has 255 valence electrons. The SMILES string of the molecule is Cc1ccccc1P(c1ccccc1C)c1ccccc1C1=N[C@@H](C(C)(C)C)CO1.F[P-](F)(F)(F)(F)F.[CH]1[CH]CC[CH][CH]CC1.[Ir]. The topological polar surface area (TPSA) is 21.6 Å². The smallest absolute Gasteiger partial charge is 0 e. The Morgan fingerprint density at radius 1 is 0.652 bits per heavy atom. The third-order valence-corrected chi connectivity index (χ3v) is 9.91. The molecule has 1 saturated carbocycles. The number of ether oxygens (including phenoxy) is 1. The number of hydrogen-bond acceptors (Lipinski definition) is 2. The van der Waals surface area contributed by atoms with E-state index in [0.717, 1.165) is 11.5 Å². The van der Waals surface area contributed by atoms with Crippen LogP contribution in [0.1, 0.15) is 63.1 Å². The van der Waals surface area contributed by atoms with E-state index >= 15 is 0 Å². The molecule has 1 aliphatic carbocycles. The molecule has 11 heteroatoms. The summed E-state index contributed by atoms with van der Waals surface area (Å²) in [7, 11) is -11.4. The molecule has 0 unspecified atom stereocenters. The molecule has 1 fully saturated rings. The van der Waals surface area contributed by atoms with Crippen molar-refractivity contribution in [2.24, 2.45) is 10.4 Å². The summed E-state index contributed by atoms with van der Waals surface area (Å²) in [6.45, 7) is 11.8. The van der Waals surface area contributed by atoms with E-state index in [-0.39, 0.29) is 31.6 Å². The molecule has 0 N–H and O–H groups in total. The fraction of sp³-hybridized carbons (Fsp3) is 0.343. The van der Waals surface area contributed by atoms with Crippen LogP contribution < -0.4 is 15.9 Å². The van der Waals surface area contributed by atoms with Crippen LogP contribution in [0, 0.1) is 44.9 Å². The van der Waals surface area contributed by atoms with E-state index in [1.165, 1.54) is 52.7 Å². The summed E-state index contributed by atoms with van der Waals surface area (Å²) in [6.07, 6.45) is 14.0. The fourth-order valence-electron chi connectivity index (χ4n) is 4.69. The monoisotopic (exact) mass is 861 g/mol. The summed E-state index contributed by atoms with van der Waals surface area (Å²) in [6, 6.07) is 26.4. The first-order valence-electron chi connectivity index (χ1n) is 14.9. The quantitative estimate of drug-likeness (QED) is 0.189. The average molecular weight is 861 g/mol. The number of rotatable bonds is 4. The van der Waals surface area contributed by atoms with Crippen molar-refractivity contribution in [3.8, 4) is 0 Å². The molecule has 2 aliphatic rings. The zero-order valence-corrected chi connectivity index (χ0v) is 30.9. The number of aryl methyl sites for hydroxylation is 2. The summed E-state index contributed by atoms with van der Waals surface area (Å²) >= 11 is 0. The van der Waals surface area contributed by atoms with Crippen molar-refractivity contribution in [1.29, 1.82) is 0 Å². The van der Waals surface area contributed by atoms with Gasteiger partial charge in [0.15, 0.2) is 0 Å². The first kappa shape index (κ1) is 40.4. The van der Waals surface area contributed by atoms with Crippen LogP contribution in [-0.2, 0) is 24.8 Å². The molecule has 5 rings (SSSR count). The summed E-state index contributed by atoms with van der Waals surface area (Å²) in [4.78, 5) is 5.01. The molecule has 1 aliphatic heterocycles. The second-order valence-corrected chi connectivity index (χ2v) is 16.1. The minimum absolute atomic E-state index is 0. The molecule has 5 radical (unpaired) electrons. The standard InChI is InChI=1S/C27H30NOP.C8H12.F6P.Ir/c1-19-12-6-9-15-22(19)30(23-16-10-7-13-20(23)2)24-17-11-8-14-21(24)26-28-25(18-29-26)27(3,4)5;1-2-4-6-8-7-5-3-1;1-7(2,3,4,5)6;/h6-17,25H,18H2,1-5H3;1-2,7-8H,3-6H2;;/q;;-1;/t25-;;;/m1.../s1. The summed E-state index contributed by atoms with van der Waals surface area (Å²) < 4.78 is 65.4. The Bertz CT molecular complexity index is 1360. The van der Waals surface area contributed by atoms with Gasteiger partial charge in [0, 0.05) is 25.7 Å². The van der Waals surface area contributed by atoms with Crippen LogP contribution in [0.15, 0.2) is 77.8 Å². The van der Waals surface area contributed by atoms with Gasteiger partial charge in [-0.3, -0.25) is 0 Å². The van der Waals surface area contributed by atoms with Gasteiger partial charge in [-0.25, -0.2) is 4.99 Å². The van der Waals surface area contributed by atoms with Crippen molar-refractivity contribution < 1.29 is 50.0 Å². The Balaban J connectivity index is 0.000000380. The van der Waals surface area contributed by atoms with E-state index < -0.39 is 15.7 Å². The Kier molecular flexibility index (Phi) is 14.1. The first-order valence-corrected chi connectivity index (χ1v) is 18.3. The Morgan fingerprint density at radius 3 is 1.39 bits per heavy atom. The van der Waals surface area contributed by atoms with Gasteiger partial charge in [0.2, 0.25) is 5.90 Å². The van der Waals surface area contributed by atoms with Crippen molar-refractivity contribution in [2.75, 3.05) is 6.61 Å². The molecule has 0 amide bonds. The molecule has 1 atom stereocenters. The van der Waals surface area contributed by atoms with Crippen molar-refractivity contribution in [3.63, 3.8) is 0 Å². The van der Waals surface area contributed by atoms with Crippen molar-refractivity contribution in [1.82, 2.24) is 0 Å². The number of nitrogens with zero attached hydrogens (tertiary/aromatic N) is 1. The maximum absolute atomic E-state index is 10.7. The van der Waals surface area contributed by atoms with Crippen molar-refractivity contribution in [3.05, 3.63) is 115 Å². The van der Waals surface area contributed by atoms with Crippen molar-refractivity contribution in [2.45, 2.75) is 66.3 Å². The number of benzene rings is 3. The van der Waals surface area contributed by atoms with E-state index in [2.05, 4.69) is 133 Å². The molecule has 0 spiro atoms. The normalized spacial score (nSPS) is 18.4. The second-order valence-electron chi connectivity index (χ2n) is 12.1. The second kappa shape index (κ2) is 16.1. The zero-order chi connectivity index (χ0) is 33.4. The third kappa shape index (κ3) is 14.5. The van der Waals surface area contributed by atoms with Gasteiger partial charge in [-0.15, -0.1) is 0 Å². The van der Waals surface area contributed by atoms with E-state index in [4.69, 9.17) is 9.73 Å². The van der Waals surface area contributed by atoms with Crippen LogP contribution >= 0.6 is 15.7 Å². The van der Waals surface area contributed by atoms with Gasteiger partial charge in [0.1, 0.15) is 6.61 Å². The van der Waals surface area contributed by atoms with E-state index in [9.17, 15) is 25.2 Å². The Hall–Kier alpha value is -1.78. The van der Waals surface area contributed by atoms with Gasteiger partial charge in [0.25, 0.3) is 0 Å². The van der Waals surface area contributed by atoms with Gasteiger partial charge in [-0.05, 0) is 112 Å². The molecule has 0 saturated heterocycles. The van der Waals surface area contributed by atoms with Crippen LogP contribution in [-0.4, -0.2) is 18.5 Å². The number of hydrogen-bond donors (Lipinski definition) is 0. The summed E-state index contributed by atoms with van der Waals surface area (Å²) in [5, 5.41) is 4.09. The van der Waals surface area contributed by atoms with Crippen molar-refractivity contribution >= 4 is 37.5 Å². The Labute approximate surface area is 285 Å². The van der Waals surface area contributed by atoms with Gasteiger partial charge in [-0.2, -0.15) is 0 Å². The van der Waals surface area contributed by atoms with Gasteiger partial charge in [0.05, 0.1) is 6.04 Å². The molecule has 3 aromatic carbocycles. The molecule has 2 nitrogen and oxygen atoms in total. The largest absolute Gasteiger partial charge is 0.0496 e. The fourth-order valence-corrected chi connectivity index (χ4v) is 7.44. The molecule has 3 aromatic rings. The minimum Gasteiger partial charge on any atom is -0.0496 e. The maximum atomic E-state index is 9.87. The molecule has 0 aromatic heterocycles. The number of aliphatic imine (C=N–C) groups is 1. The predicted octanol–water partition coefficient (Wildman–Crippen LogP) is 11.0. The van der Waals surface area contributed by atoms with E-state index in [1.807, 2.05) is 0 Å². The third-order valence-electron chi connectivity index (χ3n) is 7.07. The van der Waals surface area contributed by atoms with Crippen LogP contribution in [0.4, 0.5) is 25.2 Å². The zero-order valence-electron chi connectivity index (χ0n) is 26.7. The van der Waals surface area contributed by atoms with E-state index in [0.29, 0.717) is 6.61 Å². The molecule has 0 bridgehead atoms.